The van der Waals surface area contributed by atoms with Crippen LogP contribution in [0, 0.1) is 0 Å². The van der Waals surface area contributed by atoms with Crippen molar-refractivity contribution in [2.75, 3.05) is 14.2 Å². The minimum atomic E-state index is -0.321. The molecule has 1 amide bonds. The molecule has 0 atom stereocenters. The van der Waals surface area contributed by atoms with Gasteiger partial charge in [0.25, 0.3) is 5.91 Å². The summed E-state index contributed by atoms with van der Waals surface area (Å²) < 4.78 is 22.7. The molecule has 0 spiro atoms. The first kappa shape index (κ1) is 19.8. The number of methoxy groups -OCH3 is 2. The summed E-state index contributed by atoms with van der Waals surface area (Å²) in [6.45, 7) is 0.511. The summed E-state index contributed by atoms with van der Waals surface area (Å²) in [7, 11) is 3.17. The number of carbonyl (C=O) groups excluding carboxylic acids is 1. The Kier molecular flexibility index (Phi) is 6.60. The lowest BCUT2D eigenvalue weighted by atomic mass is 10.2. The maximum Gasteiger partial charge on any atom is 0.287 e. The Labute approximate surface area is 171 Å². The Hall–Kier alpha value is -2.93. The van der Waals surface area contributed by atoms with Crippen LogP contribution in [0.5, 0.6) is 17.2 Å². The van der Waals surface area contributed by atoms with Crippen LogP contribution >= 0.6 is 15.9 Å². The normalized spacial score (nSPS) is 10.4. The second kappa shape index (κ2) is 9.32. The molecule has 0 bridgehead atoms. The third kappa shape index (κ3) is 5.07. The van der Waals surface area contributed by atoms with Gasteiger partial charge in [0, 0.05) is 16.6 Å². The number of amides is 1. The number of halogens is 1. The van der Waals surface area contributed by atoms with Gasteiger partial charge in [-0.05, 0) is 48.5 Å². The van der Waals surface area contributed by atoms with Crippen molar-refractivity contribution in [1.82, 2.24) is 5.32 Å². The van der Waals surface area contributed by atoms with E-state index in [0.29, 0.717) is 23.0 Å². The third-order valence-electron chi connectivity index (χ3n) is 3.99. The quantitative estimate of drug-likeness (QED) is 0.549. The predicted octanol–water partition coefficient (Wildman–Crippen LogP) is 4.57. The number of hydrogen-bond acceptors (Lipinski definition) is 5. The molecule has 0 radical (unpaired) electrons. The van der Waals surface area contributed by atoms with Crippen molar-refractivity contribution in [2.45, 2.75) is 13.2 Å². The highest BCUT2D eigenvalue weighted by molar-refractivity contribution is 9.10. The van der Waals surface area contributed by atoms with Gasteiger partial charge < -0.3 is 23.9 Å². The Morgan fingerprint density at radius 1 is 1.04 bits per heavy atom. The van der Waals surface area contributed by atoms with Gasteiger partial charge in [-0.2, -0.15) is 0 Å². The summed E-state index contributed by atoms with van der Waals surface area (Å²) in [4.78, 5) is 12.4. The zero-order chi connectivity index (χ0) is 19.9. The van der Waals surface area contributed by atoms with Crippen LogP contribution in [0.25, 0.3) is 0 Å². The van der Waals surface area contributed by atoms with E-state index in [2.05, 4.69) is 21.2 Å². The maximum atomic E-state index is 12.4. The number of ether oxygens (including phenoxy) is 3. The van der Waals surface area contributed by atoms with Crippen LogP contribution in [0.3, 0.4) is 0 Å². The molecule has 0 saturated carbocycles. The van der Waals surface area contributed by atoms with Crippen molar-refractivity contribution in [2.24, 2.45) is 0 Å². The molecule has 0 aliphatic carbocycles. The van der Waals surface area contributed by atoms with Gasteiger partial charge in [-0.15, -0.1) is 0 Å². The first-order valence-corrected chi connectivity index (χ1v) is 9.34. The number of furan rings is 1. The van der Waals surface area contributed by atoms with E-state index in [-0.39, 0.29) is 24.8 Å². The average Bonchev–Trinajstić information content (AvgIpc) is 3.19. The summed E-state index contributed by atoms with van der Waals surface area (Å²) in [5.74, 6) is 2.53. The lowest BCUT2D eigenvalue weighted by molar-refractivity contribution is 0.0918. The molecular weight excluding hydrogens is 426 g/mol. The van der Waals surface area contributed by atoms with E-state index in [9.17, 15) is 4.79 Å². The molecule has 3 aromatic rings. The predicted molar refractivity (Wildman–Crippen MR) is 108 cm³/mol. The van der Waals surface area contributed by atoms with Crippen molar-refractivity contribution >= 4 is 21.8 Å². The van der Waals surface area contributed by atoms with E-state index in [1.54, 1.807) is 38.5 Å². The Morgan fingerprint density at radius 3 is 2.64 bits per heavy atom. The van der Waals surface area contributed by atoms with Gasteiger partial charge in [0.1, 0.15) is 29.6 Å². The smallest absolute Gasteiger partial charge is 0.287 e. The van der Waals surface area contributed by atoms with Crippen LogP contribution in [0.4, 0.5) is 0 Å². The van der Waals surface area contributed by atoms with E-state index in [0.717, 1.165) is 10.0 Å². The van der Waals surface area contributed by atoms with Crippen LogP contribution < -0.4 is 19.5 Å². The number of rotatable bonds is 8. The molecule has 0 saturated heterocycles. The van der Waals surface area contributed by atoms with Crippen molar-refractivity contribution in [3.8, 4) is 17.2 Å². The SMILES string of the molecule is COc1ccc(OC)c(CNC(=O)c2ccc(COc3cccc(Br)c3)o2)c1. The standard InChI is InChI=1S/C21H20BrNO5/c1-25-16-6-8-19(26-2)14(10-16)12-23-21(24)20-9-7-18(28-20)13-27-17-5-3-4-15(22)11-17/h3-11H,12-13H2,1-2H3,(H,23,24). The van der Waals surface area contributed by atoms with E-state index < -0.39 is 0 Å². The van der Waals surface area contributed by atoms with Crippen molar-refractivity contribution in [3.63, 3.8) is 0 Å². The van der Waals surface area contributed by atoms with Gasteiger partial charge in [-0.25, -0.2) is 0 Å². The fraction of sp³-hybridized carbons (Fsp3) is 0.190. The fourth-order valence-electron chi connectivity index (χ4n) is 2.57. The average molecular weight is 446 g/mol. The lowest BCUT2D eigenvalue weighted by Gasteiger charge is -2.11. The zero-order valence-corrected chi connectivity index (χ0v) is 17.1. The largest absolute Gasteiger partial charge is 0.497 e. The molecular formula is C21H20BrNO5. The highest BCUT2D eigenvalue weighted by Crippen LogP contribution is 2.24. The van der Waals surface area contributed by atoms with Gasteiger partial charge in [0.2, 0.25) is 0 Å². The molecule has 3 rings (SSSR count). The van der Waals surface area contributed by atoms with Gasteiger partial charge >= 0.3 is 0 Å². The Bertz CT molecular complexity index is 953. The lowest BCUT2D eigenvalue weighted by Crippen LogP contribution is -2.22. The van der Waals surface area contributed by atoms with E-state index >= 15 is 0 Å². The minimum absolute atomic E-state index is 0.217. The topological polar surface area (TPSA) is 69.9 Å². The second-order valence-electron chi connectivity index (χ2n) is 5.87. The van der Waals surface area contributed by atoms with Gasteiger partial charge in [-0.3, -0.25) is 4.79 Å². The summed E-state index contributed by atoms with van der Waals surface area (Å²) in [5, 5.41) is 2.82. The highest BCUT2D eigenvalue weighted by atomic mass is 79.9. The molecule has 7 heteroatoms. The van der Waals surface area contributed by atoms with Gasteiger partial charge in [0.05, 0.1) is 14.2 Å². The number of nitrogens with one attached hydrogen (secondary N) is 1. The first-order valence-electron chi connectivity index (χ1n) is 8.55. The number of benzene rings is 2. The van der Waals surface area contributed by atoms with Crippen LogP contribution in [-0.2, 0) is 13.2 Å². The number of hydrogen-bond donors (Lipinski definition) is 1. The minimum Gasteiger partial charge on any atom is -0.497 e. The molecule has 6 nitrogen and oxygen atoms in total. The summed E-state index contributed by atoms with van der Waals surface area (Å²) >= 11 is 3.39. The number of carbonyl (C=O) groups is 1. The van der Waals surface area contributed by atoms with Crippen LogP contribution in [0.1, 0.15) is 21.9 Å². The Morgan fingerprint density at radius 2 is 1.89 bits per heavy atom. The summed E-state index contributed by atoms with van der Waals surface area (Å²) in [6, 6.07) is 16.3. The molecule has 0 fully saturated rings. The highest BCUT2D eigenvalue weighted by Gasteiger charge is 2.13. The molecule has 0 aliphatic heterocycles. The third-order valence-corrected chi connectivity index (χ3v) is 4.48. The van der Waals surface area contributed by atoms with E-state index in [1.807, 2.05) is 30.3 Å². The molecule has 1 heterocycles. The Balaban J connectivity index is 1.58. The monoisotopic (exact) mass is 445 g/mol. The van der Waals surface area contributed by atoms with E-state index in [4.69, 9.17) is 18.6 Å². The summed E-state index contributed by atoms with van der Waals surface area (Å²) in [5.41, 5.74) is 0.806. The summed E-state index contributed by atoms with van der Waals surface area (Å²) in [6.07, 6.45) is 0. The van der Waals surface area contributed by atoms with E-state index in [1.165, 1.54) is 0 Å². The fourth-order valence-corrected chi connectivity index (χ4v) is 2.95. The van der Waals surface area contributed by atoms with Crippen LogP contribution in [-0.4, -0.2) is 20.1 Å². The molecule has 2 aromatic carbocycles. The van der Waals surface area contributed by atoms with Crippen molar-refractivity contribution in [1.29, 1.82) is 0 Å². The molecule has 0 aliphatic rings. The molecule has 0 unspecified atom stereocenters. The molecule has 1 N–H and O–H groups in total. The van der Waals surface area contributed by atoms with Crippen molar-refractivity contribution in [3.05, 3.63) is 76.2 Å². The van der Waals surface area contributed by atoms with Crippen molar-refractivity contribution < 1.29 is 23.4 Å². The first-order chi connectivity index (χ1) is 13.6. The molecule has 1 aromatic heterocycles. The maximum absolute atomic E-state index is 12.4. The van der Waals surface area contributed by atoms with Crippen LogP contribution in [0.2, 0.25) is 0 Å². The van der Waals surface area contributed by atoms with Gasteiger partial charge in [0.15, 0.2) is 5.76 Å². The van der Waals surface area contributed by atoms with Gasteiger partial charge in [-0.1, -0.05) is 22.0 Å². The zero-order valence-electron chi connectivity index (χ0n) is 15.5. The van der Waals surface area contributed by atoms with Crippen LogP contribution in [0.15, 0.2) is 63.5 Å². The molecule has 146 valence electrons. The second-order valence-corrected chi connectivity index (χ2v) is 6.79. The molecule has 28 heavy (non-hydrogen) atoms.